The molecule has 0 saturated carbocycles. The molecule has 0 aromatic rings. The maximum atomic E-state index is 14.0. The van der Waals surface area contributed by atoms with E-state index in [1.165, 1.54) is 12.2 Å². The summed E-state index contributed by atoms with van der Waals surface area (Å²) >= 11 is 0. The van der Waals surface area contributed by atoms with Crippen molar-refractivity contribution in [2.45, 2.75) is 215 Å². The first kappa shape index (κ1) is 76.8. The van der Waals surface area contributed by atoms with E-state index in [1.807, 2.05) is 89.7 Å². The average Bonchev–Trinajstić information content (AvgIpc) is 3.63. The first-order chi connectivity index (χ1) is 37.5. The summed E-state index contributed by atoms with van der Waals surface area (Å²) in [6.07, 6.45) is 9.82. The third kappa shape index (κ3) is 33.9. The molecule has 6 N–H and O–H groups in total. The number of ether oxygens (including phenoxy) is 2. The van der Waals surface area contributed by atoms with Crippen molar-refractivity contribution in [2.24, 2.45) is 48.7 Å². The molecular weight excluding hydrogens is 1070 g/mol. The van der Waals surface area contributed by atoms with Crippen LogP contribution < -0.4 is 31.9 Å². The zero-order valence-corrected chi connectivity index (χ0v) is 56.9. The van der Waals surface area contributed by atoms with E-state index in [1.54, 1.807) is 0 Å². The van der Waals surface area contributed by atoms with Crippen LogP contribution in [0.4, 0.5) is 0 Å². The topological polar surface area (TPSA) is 240 Å². The molecule has 0 fully saturated rings. The lowest BCUT2D eigenvalue weighted by Crippen LogP contribution is -2.50. The third-order valence-corrected chi connectivity index (χ3v) is 15.4. The predicted molar refractivity (Wildman–Crippen MR) is 334 cm³/mol. The van der Waals surface area contributed by atoms with Gasteiger partial charge >= 0.3 is 0 Å². The minimum atomic E-state index is -1.17. The zero-order chi connectivity index (χ0) is 64.3. The fourth-order valence-corrected chi connectivity index (χ4v) is 11.9. The molecule has 0 spiro atoms. The van der Waals surface area contributed by atoms with Crippen LogP contribution in [0.2, 0.25) is 0 Å². The minimum Gasteiger partial charge on any atom is -0.380 e. The summed E-state index contributed by atoms with van der Waals surface area (Å²) in [7, 11) is -1.17. The van der Waals surface area contributed by atoms with Gasteiger partial charge in [-0.1, -0.05) is 151 Å². The fourth-order valence-electron chi connectivity index (χ4n) is 10.5. The van der Waals surface area contributed by atoms with Crippen LogP contribution in [0.15, 0.2) is 24.3 Å². The van der Waals surface area contributed by atoms with Gasteiger partial charge in [0, 0.05) is 99.4 Å². The number of imide groups is 1. The highest BCUT2D eigenvalue weighted by Crippen LogP contribution is 2.40. The lowest BCUT2D eigenvalue weighted by atomic mass is 9.71. The molecule has 1 heterocycles. The third-order valence-electron chi connectivity index (χ3n) is 13.9. The molecule has 478 valence electrons. The maximum Gasteiger partial charge on any atom is 0.253 e. The van der Waals surface area contributed by atoms with Gasteiger partial charge in [-0.2, -0.15) is 0 Å². The van der Waals surface area contributed by atoms with Gasteiger partial charge in [-0.3, -0.25) is 43.3 Å². The Labute approximate surface area is 503 Å². The summed E-state index contributed by atoms with van der Waals surface area (Å²) in [6.45, 7) is 49.8. The second-order valence-electron chi connectivity index (χ2n) is 31.5. The number of carbonyl (C=O) groups is 8. The molecule has 1 aliphatic heterocycles. The Bertz CT molecular complexity index is 2220. The van der Waals surface area contributed by atoms with E-state index < -0.39 is 70.5 Å². The molecule has 0 radical (unpaired) electrons. The van der Waals surface area contributed by atoms with Crippen molar-refractivity contribution in [3.05, 3.63) is 24.3 Å². The average molecular weight is 1190 g/mol. The van der Waals surface area contributed by atoms with Crippen molar-refractivity contribution in [1.82, 2.24) is 36.8 Å². The Hall–Kier alpha value is -4.25. The minimum absolute atomic E-state index is 0.00495. The van der Waals surface area contributed by atoms with Crippen LogP contribution in [0.1, 0.15) is 204 Å². The fraction of sp³-hybridized carbons (Fsp3) is 0.812. The van der Waals surface area contributed by atoms with Gasteiger partial charge in [0.15, 0.2) is 0 Å². The highest BCUT2D eigenvalue weighted by atomic mass is 31.1. The van der Waals surface area contributed by atoms with Crippen molar-refractivity contribution in [3.63, 3.8) is 0 Å². The van der Waals surface area contributed by atoms with Gasteiger partial charge in [-0.15, -0.1) is 0 Å². The first-order valence-corrected chi connectivity index (χ1v) is 31.8. The SMILES string of the molecule is CP(CNC(=O)CCN1C(=O)C=CC1=O)OC(C)(C)CCC(=O)N[C@@H](CCC(=O)NCC(C)(C)COCCNC(=O)C(C)(C)CC(C)(C)C)C(=O)NCC(C)(C)COCC(C)(C)CNC(=O)C(C)(C)CC(C)(C)/C=C\C(C)(C)CC(C)(C)C. The van der Waals surface area contributed by atoms with Crippen molar-refractivity contribution >= 4 is 55.4 Å². The lowest BCUT2D eigenvalue weighted by Gasteiger charge is -2.35. The summed E-state index contributed by atoms with van der Waals surface area (Å²) < 4.78 is 18.4. The summed E-state index contributed by atoms with van der Waals surface area (Å²) in [4.78, 5) is 105. The Balaban J connectivity index is 2.94. The standard InChI is InChI=1S/C64H116N7O11P/c1-55(2,3)36-57(7,8)31-32-58(9,10)38-63(19,20)54(79)68-41-61(15,16)44-81-43-60(13,14)40-67-52(77)46(24-25-47(72)66-39-59(11,12)42-80-35-33-65-53(78)62(17,18)37-56(4,5)6)70-49(74)28-30-64(21,22)82-83(23)45-69-48(73)29-34-71-50(75)26-27-51(71)76/h26-27,31-32,46H,24-25,28-30,33-45H2,1-23H3,(H,65,78)(H,66,72)(H,67,77)(H,68,79)(H,69,73)(H,70,74)/b32-31-/t46-,83?/m0/s1. The number of nitrogens with zero attached hydrogens (tertiary/aromatic N) is 1. The van der Waals surface area contributed by atoms with Crippen LogP contribution in [0.3, 0.4) is 0 Å². The second kappa shape index (κ2) is 31.9. The van der Waals surface area contributed by atoms with Gasteiger partial charge in [0.25, 0.3) is 11.8 Å². The summed E-state index contributed by atoms with van der Waals surface area (Å²) in [5, 5.41) is 17.8. The molecule has 0 aliphatic carbocycles. The lowest BCUT2D eigenvalue weighted by molar-refractivity contribution is -0.137. The molecule has 19 heteroatoms. The summed E-state index contributed by atoms with van der Waals surface area (Å²) in [5.74, 6) is -2.42. The van der Waals surface area contributed by atoms with Crippen LogP contribution >= 0.6 is 8.15 Å². The Morgan fingerprint density at radius 3 is 1.53 bits per heavy atom. The largest absolute Gasteiger partial charge is 0.380 e. The number of rotatable bonds is 38. The molecule has 2 atom stereocenters. The molecule has 18 nitrogen and oxygen atoms in total. The number of hydrogen-bond donors (Lipinski definition) is 6. The molecule has 1 rings (SSSR count). The number of carbonyl (C=O) groups excluding carboxylic acids is 8. The molecule has 1 unspecified atom stereocenters. The number of hydrogen-bond acceptors (Lipinski definition) is 11. The van der Waals surface area contributed by atoms with Gasteiger partial charge in [0.05, 0.1) is 38.3 Å². The molecule has 83 heavy (non-hydrogen) atoms. The first-order valence-electron chi connectivity index (χ1n) is 29.9. The molecule has 0 saturated heterocycles. The van der Waals surface area contributed by atoms with E-state index in [2.05, 4.69) is 113 Å². The van der Waals surface area contributed by atoms with Gasteiger partial charge in [-0.25, -0.2) is 0 Å². The Kier molecular flexibility index (Phi) is 29.5. The second-order valence-corrected chi connectivity index (χ2v) is 33.3. The van der Waals surface area contributed by atoms with E-state index in [0.717, 1.165) is 17.7 Å². The van der Waals surface area contributed by atoms with Gasteiger partial charge < -0.3 is 45.9 Å². The number of allylic oxidation sites excluding steroid dienone is 2. The number of amides is 8. The van der Waals surface area contributed by atoms with Crippen molar-refractivity contribution in [3.8, 4) is 0 Å². The monoisotopic (exact) mass is 1190 g/mol. The van der Waals surface area contributed by atoms with Gasteiger partial charge in [0.2, 0.25) is 35.4 Å². The van der Waals surface area contributed by atoms with Crippen LogP contribution in [0.25, 0.3) is 0 Å². The summed E-state index contributed by atoms with van der Waals surface area (Å²) in [5.41, 5.74) is -3.26. The molecule has 8 amide bonds. The van der Waals surface area contributed by atoms with Crippen molar-refractivity contribution < 1.29 is 52.4 Å². The van der Waals surface area contributed by atoms with E-state index >= 15 is 0 Å². The highest BCUT2D eigenvalue weighted by Gasteiger charge is 2.37. The molecule has 0 aromatic carbocycles. The van der Waals surface area contributed by atoms with Crippen LogP contribution in [-0.4, -0.2) is 136 Å². The van der Waals surface area contributed by atoms with Crippen molar-refractivity contribution in [1.29, 1.82) is 0 Å². The van der Waals surface area contributed by atoms with E-state index in [4.69, 9.17) is 14.0 Å². The zero-order valence-electron chi connectivity index (χ0n) is 56.0. The molecule has 0 bridgehead atoms. The summed E-state index contributed by atoms with van der Waals surface area (Å²) in [6, 6.07) is -1.04. The smallest absolute Gasteiger partial charge is 0.253 e. The number of nitrogens with one attached hydrogen (secondary N) is 6. The predicted octanol–water partition coefficient (Wildman–Crippen LogP) is 9.74. The van der Waals surface area contributed by atoms with Crippen LogP contribution in [0.5, 0.6) is 0 Å². The Morgan fingerprint density at radius 2 is 1.00 bits per heavy atom. The highest BCUT2D eigenvalue weighted by molar-refractivity contribution is 7.51. The van der Waals surface area contributed by atoms with Crippen LogP contribution in [0, 0.1) is 48.7 Å². The van der Waals surface area contributed by atoms with E-state index in [9.17, 15) is 38.4 Å². The van der Waals surface area contributed by atoms with E-state index in [0.29, 0.717) is 52.5 Å². The van der Waals surface area contributed by atoms with Crippen LogP contribution in [-0.2, 0) is 52.4 Å². The van der Waals surface area contributed by atoms with Gasteiger partial charge in [0.1, 0.15) is 6.04 Å². The van der Waals surface area contributed by atoms with Gasteiger partial charge in [-0.05, 0) is 74.3 Å². The molecule has 1 aliphatic rings. The normalized spacial score (nSPS) is 15.1. The molecule has 0 aromatic heterocycles. The van der Waals surface area contributed by atoms with Crippen molar-refractivity contribution in [2.75, 3.05) is 72.1 Å². The maximum absolute atomic E-state index is 14.0. The van der Waals surface area contributed by atoms with E-state index in [-0.39, 0.29) is 96.8 Å². The molecular formula is C64H116N7O11P. The quantitative estimate of drug-likeness (QED) is 0.0147. The Morgan fingerprint density at radius 1 is 0.542 bits per heavy atom.